The van der Waals surface area contributed by atoms with Gasteiger partial charge in [-0.25, -0.2) is 24.3 Å². The summed E-state index contributed by atoms with van der Waals surface area (Å²) in [5, 5.41) is 0.451. The summed E-state index contributed by atoms with van der Waals surface area (Å²) in [6.07, 6.45) is 5.14. The summed E-state index contributed by atoms with van der Waals surface area (Å²) in [6, 6.07) is 18.5. The summed E-state index contributed by atoms with van der Waals surface area (Å²) in [6.45, 7) is 2.23. The van der Waals surface area contributed by atoms with E-state index in [1.807, 2.05) is 30.3 Å². The molecule has 0 spiro atoms. The minimum atomic E-state index is 0. The van der Waals surface area contributed by atoms with Gasteiger partial charge in [0.15, 0.2) is 0 Å². The smallest absolute Gasteiger partial charge is 0.214 e. The van der Waals surface area contributed by atoms with Crippen LogP contribution >= 0.6 is 12.6 Å². The van der Waals surface area contributed by atoms with Crippen molar-refractivity contribution in [1.82, 2.24) is 0 Å². The summed E-state index contributed by atoms with van der Waals surface area (Å²) >= 11 is 4.56. The molecule has 0 saturated heterocycles. The van der Waals surface area contributed by atoms with E-state index in [2.05, 4.69) is 43.8 Å². The van der Waals surface area contributed by atoms with Gasteiger partial charge < -0.3 is 0 Å². The van der Waals surface area contributed by atoms with Gasteiger partial charge in [0.1, 0.15) is 0 Å². The van der Waals surface area contributed by atoms with Crippen LogP contribution in [0.15, 0.2) is 54.6 Å². The van der Waals surface area contributed by atoms with Crippen molar-refractivity contribution in [2.24, 2.45) is 0 Å². The quantitative estimate of drug-likeness (QED) is 0.327. The molecule has 0 aliphatic rings. The van der Waals surface area contributed by atoms with E-state index in [0.29, 0.717) is 5.25 Å². The van der Waals surface area contributed by atoms with Crippen molar-refractivity contribution >= 4 is 12.6 Å². The molecule has 0 nitrogen and oxygen atoms in total. The van der Waals surface area contributed by atoms with E-state index >= 15 is 0 Å². The van der Waals surface area contributed by atoms with Crippen LogP contribution in [0.4, 0.5) is 0 Å². The van der Waals surface area contributed by atoms with Gasteiger partial charge in [-0.3, -0.25) is 0 Å². The molecule has 18 heavy (non-hydrogen) atoms. The Balaban J connectivity index is 0.000000405. The first-order valence-electron chi connectivity index (χ1n) is 6.41. The molecule has 0 radical (unpaired) electrons. The van der Waals surface area contributed by atoms with Crippen LogP contribution in [0.5, 0.6) is 0 Å². The van der Waals surface area contributed by atoms with Crippen LogP contribution < -0.4 is 0 Å². The van der Waals surface area contributed by atoms with Gasteiger partial charge in [-0.2, -0.15) is 48.5 Å². The molecule has 1 unspecified atom stereocenters. The Morgan fingerprint density at radius 2 is 1.83 bits per heavy atom. The Morgan fingerprint density at radius 1 is 1.11 bits per heavy atom. The first kappa shape index (κ1) is 17.6. The molecule has 0 aliphatic carbocycles. The molecule has 2 heteroatoms. The molecule has 100 valence electrons. The molecular weight excluding hydrogens is 280 g/mol. The maximum atomic E-state index is 4.56. The topological polar surface area (TPSA) is 0 Å². The van der Waals surface area contributed by atoms with E-state index in [9.17, 15) is 0 Å². The van der Waals surface area contributed by atoms with E-state index in [0.717, 1.165) is 0 Å². The van der Waals surface area contributed by atoms with Crippen LogP contribution in [0.1, 0.15) is 43.4 Å². The van der Waals surface area contributed by atoms with Crippen molar-refractivity contribution in [3.05, 3.63) is 60.2 Å². The fraction of sp³-hybridized carbons (Fsp3) is 0.375. The molecule has 2 aromatic rings. The van der Waals surface area contributed by atoms with Crippen molar-refractivity contribution in [2.45, 2.75) is 37.9 Å². The molecule has 0 N–H and O–H groups in total. The van der Waals surface area contributed by atoms with Crippen molar-refractivity contribution in [3.63, 3.8) is 0 Å². The van der Waals surface area contributed by atoms with Crippen molar-refractivity contribution < 1.29 is 17.1 Å². The first-order chi connectivity index (χ1) is 8.34. The summed E-state index contributed by atoms with van der Waals surface area (Å²) in [5.41, 5.74) is 1.37. The monoisotopic (exact) mass is 302 g/mol. The van der Waals surface area contributed by atoms with Crippen LogP contribution in [-0.2, 0) is 17.1 Å². The predicted molar refractivity (Wildman–Crippen MR) is 79.9 cm³/mol. The number of unbranched alkanes of at least 4 members (excludes halogenated alkanes) is 2. The molecule has 0 aromatic heterocycles. The fourth-order valence-corrected chi connectivity index (χ4v) is 2.04. The van der Waals surface area contributed by atoms with Gasteiger partial charge in [-0.1, -0.05) is 26.2 Å². The van der Waals surface area contributed by atoms with Gasteiger partial charge in [0, 0.05) is 5.25 Å². The van der Waals surface area contributed by atoms with E-state index in [1.54, 1.807) is 0 Å². The minimum Gasteiger partial charge on any atom is -0.214 e. The third kappa shape index (κ3) is 7.81. The summed E-state index contributed by atoms with van der Waals surface area (Å²) in [5.74, 6) is 0. The zero-order valence-corrected chi connectivity index (χ0v) is 12.9. The second-order valence-electron chi connectivity index (χ2n) is 4.19. The third-order valence-corrected chi connectivity index (χ3v) is 3.27. The van der Waals surface area contributed by atoms with Gasteiger partial charge >= 0.3 is 17.1 Å². The minimum absolute atomic E-state index is 0. The van der Waals surface area contributed by atoms with Crippen LogP contribution in [-0.4, -0.2) is 0 Å². The molecule has 1 atom stereocenters. The molecule has 0 saturated carbocycles. The Bertz CT molecular complexity index is 320. The average molecular weight is 302 g/mol. The number of hydrogen-bond acceptors (Lipinski definition) is 1. The average Bonchev–Trinajstić information content (AvgIpc) is 3.05. The van der Waals surface area contributed by atoms with Gasteiger partial charge in [0.25, 0.3) is 0 Å². The van der Waals surface area contributed by atoms with E-state index in [1.165, 1.54) is 31.2 Å². The number of thiol groups is 1. The standard InChI is InChI=1S/C11H17S.C5H5.Fe/c1-2-3-4-9-11(12)10-7-5-6-8-10;1-2-4-5-3-1;/h5-8,11-12H,2-4,9H2,1H3;1-5H;/q2*-1;+2. The molecule has 0 heterocycles. The Hall–Kier alpha value is -0.431. The first-order valence-corrected chi connectivity index (χ1v) is 6.92. The predicted octanol–water partition coefficient (Wildman–Crippen LogP) is 5.36. The molecule has 0 fully saturated rings. The van der Waals surface area contributed by atoms with E-state index in [4.69, 9.17) is 0 Å². The molecule has 0 bridgehead atoms. The second-order valence-corrected chi connectivity index (χ2v) is 4.82. The van der Waals surface area contributed by atoms with Crippen LogP contribution in [0, 0.1) is 0 Å². The maximum absolute atomic E-state index is 4.56. The Kier molecular flexibility index (Phi) is 11.4. The molecule has 2 rings (SSSR count). The van der Waals surface area contributed by atoms with Crippen LogP contribution in [0.3, 0.4) is 0 Å². The van der Waals surface area contributed by atoms with Crippen LogP contribution in [0.25, 0.3) is 0 Å². The van der Waals surface area contributed by atoms with Crippen molar-refractivity contribution in [3.8, 4) is 0 Å². The Morgan fingerprint density at radius 3 is 2.28 bits per heavy atom. The molecular formula is C16H22FeS. The Labute approximate surface area is 127 Å². The zero-order chi connectivity index (χ0) is 12.3. The number of rotatable bonds is 5. The maximum Gasteiger partial charge on any atom is 2.00 e. The van der Waals surface area contributed by atoms with Crippen molar-refractivity contribution in [1.29, 1.82) is 0 Å². The van der Waals surface area contributed by atoms with E-state index < -0.39 is 0 Å². The van der Waals surface area contributed by atoms with Gasteiger partial charge in [-0.15, -0.1) is 0 Å². The molecule has 0 aliphatic heterocycles. The van der Waals surface area contributed by atoms with Gasteiger partial charge in [0.05, 0.1) is 0 Å². The fourth-order valence-electron chi connectivity index (χ4n) is 1.69. The zero-order valence-electron chi connectivity index (χ0n) is 10.9. The van der Waals surface area contributed by atoms with Crippen LogP contribution in [0.2, 0.25) is 0 Å². The second kappa shape index (κ2) is 11.6. The molecule has 2 aromatic carbocycles. The van der Waals surface area contributed by atoms with Gasteiger partial charge in [-0.05, 0) is 6.42 Å². The summed E-state index contributed by atoms with van der Waals surface area (Å²) in [4.78, 5) is 0. The molecule has 0 amide bonds. The van der Waals surface area contributed by atoms with Gasteiger partial charge in [0.2, 0.25) is 0 Å². The third-order valence-electron chi connectivity index (χ3n) is 2.71. The largest absolute Gasteiger partial charge is 2.00 e. The SMILES string of the molecule is CCCCCC(S)c1ccc[cH-]1.[Fe+2].c1cc[cH-]c1. The number of hydrogen-bond donors (Lipinski definition) is 1. The summed E-state index contributed by atoms with van der Waals surface area (Å²) in [7, 11) is 0. The summed E-state index contributed by atoms with van der Waals surface area (Å²) < 4.78 is 0. The normalized spacial score (nSPS) is 11.0. The van der Waals surface area contributed by atoms with Crippen molar-refractivity contribution in [2.75, 3.05) is 0 Å². The van der Waals surface area contributed by atoms with E-state index in [-0.39, 0.29) is 17.1 Å².